The lowest BCUT2D eigenvalue weighted by molar-refractivity contribution is -0.153. The van der Waals surface area contributed by atoms with Crippen molar-refractivity contribution in [2.75, 3.05) is 11.4 Å². The number of benzene rings is 1. The van der Waals surface area contributed by atoms with E-state index in [0.717, 1.165) is 36.1 Å². The van der Waals surface area contributed by atoms with Crippen molar-refractivity contribution in [3.05, 3.63) is 57.0 Å². The van der Waals surface area contributed by atoms with Gasteiger partial charge in [-0.25, -0.2) is 4.98 Å². The van der Waals surface area contributed by atoms with Gasteiger partial charge in [0.15, 0.2) is 6.10 Å². The third kappa shape index (κ3) is 5.18. The molecule has 176 valence electrons. The zero-order valence-electron chi connectivity index (χ0n) is 19.0. The SMILES string of the molecule is CC(OC(=O)CCc1nc2sc3c(c2c(=O)[nH]1)CCCC3)C(=O)N(CCC#N)c1ccccc1. The van der Waals surface area contributed by atoms with Crippen molar-refractivity contribution in [3.63, 3.8) is 0 Å². The molecular weight excluding hydrogens is 452 g/mol. The second-order valence-corrected chi connectivity index (χ2v) is 9.35. The van der Waals surface area contributed by atoms with Crippen molar-refractivity contribution in [1.29, 1.82) is 5.26 Å². The monoisotopic (exact) mass is 478 g/mol. The average molecular weight is 479 g/mol. The van der Waals surface area contributed by atoms with Crippen LogP contribution in [0.25, 0.3) is 10.2 Å². The normalized spacial score (nSPS) is 13.6. The predicted molar refractivity (Wildman–Crippen MR) is 130 cm³/mol. The van der Waals surface area contributed by atoms with E-state index in [1.165, 1.54) is 16.7 Å². The van der Waals surface area contributed by atoms with Crippen LogP contribution >= 0.6 is 11.3 Å². The molecule has 1 unspecified atom stereocenters. The number of nitriles is 1. The molecule has 0 spiro atoms. The minimum absolute atomic E-state index is 0.0132. The van der Waals surface area contributed by atoms with E-state index >= 15 is 0 Å². The fourth-order valence-electron chi connectivity index (χ4n) is 4.21. The summed E-state index contributed by atoms with van der Waals surface area (Å²) in [5.41, 5.74) is 1.60. The standard InChI is InChI=1S/C25H26N4O4S/c1-16(25(32)29(15-7-14-26)17-8-3-2-4-9-17)33-21(30)13-12-20-27-23(31)22-18-10-5-6-11-19(18)34-24(22)28-20/h2-4,8-9,16H,5-7,10-13,15H2,1H3,(H,27,28,31). The zero-order valence-corrected chi connectivity index (χ0v) is 19.8. The molecule has 0 fully saturated rings. The first-order valence-corrected chi connectivity index (χ1v) is 12.3. The molecule has 1 amide bonds. The summed E-state index contributed by atoms with van der Waals surface area (Å²) in [7, 11) is 0. The summed E-state index contributed by atoms with van der Waals surface area (Å²) in [4.78, 5) is 48.8. The minimum Gasteiger partial charge on any atom is -0.453 e. The highest BCUT2D eigenvalue weighted by Gasteiger charge is 2.25. The minimum atomic E-state index is -1.01. The van der Waals surface area contributed by atoms with Crippen LogP contribution in [0.5, 0.6) is 0 Å². The molecule has 0 radical (unpaired) electrons. The first-order chi connectivity index (χ1) is 16.5. The molecule has 0 bridgehead atoms. The van der Waals surface area contributed by atoms with Gasteiger partial charge in [-0.05, 0) is 50.3 Å². The van der Waals surface area contributed by atoms with Crippen LogP contribution in [0.3, 0.4) is 0 Å². The predicted octanol–water partition coefficient (Wildman–Crippen LogP) is 3.67. The van der Waals surface area contributed by atoms with Gasteiger partial charge in [-0.2, -0.15) is 5.26 Å². The van der Waals surface area contributed by atoms with Gasteiger partial charge in [0.2, 0.25) is 0 Å². The van der Waals surface area contributed by atoms with E-state index in [0.29, 0.717) is 16.9 Å². The maximum Gasteiger partial charge on any atom is 0.307 e. The Morgan fingerprint density at radius 3 is 2.79 bits per heavy atom. The maximum absolute atomic E-state index is 12.9. The Morgan fingerprint density at radius 2 is 2.03 bits per heavy atom. The number of fused-ring (bicyclic) bond motifs is 3. The number of hydrogen-bond acceptors (Lipinski definition) is 7. The van der Waals surface area contributed by atoms with E-state index in [1.54, 1.807) is 35.6 Å². The topological polar surface area (TPSA) is 116 Å². The molecule has 0 aliphatic heterocycles. The molecule has 1 atom stereocenters. The van der Waals surface area contributed by atoms with E-state index in [-0.39, 0.29) is 31.4 Å². The zero-order chi connectivity index (χ0) is 24.1. The van der Waals surface area contributed by atoms with E-state index in [4.69, 9.17) is 10.00 Å². The summed E-state index contributed by atoms with van der Waals surface area (Å²) in [6, 6.07) is 11.0. The number of H-pyrrole nitrogens is 1. The molecule has 4 rings (SSSR count). The number of carbonyl (C=O) groups is 2. The number of para-hydroxylation sites is 1. The Morgan fingerprint density at radius 1 is 1.26 bits per heavy atom. The molecule has 34 heavy (non-hydrogen) atoms. The smallest absolute Gasteiger partial charge is 0.307 e. The number of nitrogens with zero attached hydrogens (tertiary/aromatic N) is 3. The third-order valence-electron chi connectivity index (χ3n) is 5.88. The van der Waals surface area contributed by atoms with E-state index in [9.17, 15) is 14.4 Å². The summed E-state index contributed by atoms with van der Waals surface area (Å²) >= 11 is 1.56. The molecule has 2 aromatic heterocycles. The number of thiophene rings is 1. The van der Waals surface area contributed by atoms with Gasteiger partial charge in [0.05, 0.1) is 24.3 Å². The molecule has 0 saturated heterocycles. The van der Waals surface area contributed by atoms with Crippen molar-refractivity contribution in [2.45, 2.75) is 58.0 Å². The highest BCUT2D eigenvalue weighted by molar-refractivity contribution is 7.18. The van der Waals surface area contributed by atoms with Crippen LogP contribution in [0, 0.1) is 11.3 Å². The van der Waals surface area contributed by atoms with Crippen molar-refractivity contribution in [2.24, 2.45) is 0 Å². The number of esters is 1. The first kappa shape index (κ1) is 23.6. The van der Waals surface area contributed by atoms with Crippen molar-refractivity contribution in [3.8, 4) is 6.07 Å². The molecule has 3 aromatic rings. The summed E-state index contributed by atoms with van der Waals surface area (Å²) < 4.78 is 5.37. The number of amides is 1. The van der Waals surface area contributed by atoms with Crippen LogP contribution in [0.4, 0.5) is 5.69 Å². The van der Waals surface area contributed by atoms with E-state index < -0.39 is 18.0 Å². The highest BCUT2D eigenvalue weighted by atomic mass is 32.1. The number of nitrogens with one attached hydrogen (secondary N) is 1. The summed E-state index contributed by atoms with van der Waals surface area (Å²) in [5.74, 6) is -0.513. The highest BCUT2D eigenvalue weighted by Crippen LogP contribution is 2.33. The number of rotatable bonds is 8. The van der Waals surface area contributed by atoms with Crippen molar-refractivity contribution in [1.82, 2.24) is 9.97 Å². The lowest BCUT2D eigenvalue weighted by atomic mass is 9.97. The lowest BCUT2D eigenvalue weighted by Crippen LogP contribution is -2.40. The maximum atomic E-state index is 12.9. The molecule has 1 aliphatic rings. The Labute approximate surface area is 201 Å². The summed E-state index contributed by atoms with van der Waals surface area (Å²) in [6.45, 7) is 1.72. The fourth-order valence-corrected chi connectivity index (χ4v) is 5.49. The Balaban J connectivity index is 1.39. The van der Waals surface area contributed by atoms with Crippen LogP contribution in [-0.2, 0) is 33.6 Å². The van der Waals surface area contributed by atoms with Crippen LogP contribution < -0.4 is 10.5 Å². The Hall–Kier alpha value is -3.51. The van der Waals surface area contributed by atoms with Gasteiger partial charge in [0.25, 0.3) is 11.5 Å². The van der Waals surface area contributed by atoms with Crippen molar-refractivity contribution < 1.29 is 14.3 Å². The Kier molecular flexibility index (Phi) is 7.38. The van der Waals surface area contributed by atoms with Gasteiger partial charge >= 0.3 is 5.97 Å². The number of ether oxygens (including phenoxy) is 1. The number of anilines is 1. The molecule has 1 aromatic carbocycles. The summed E-state index contributed by atoms with van der Waals surface area (Å²) in [6.07, 6.45) is 3.46. The second-order valence-electron chi connectivity index (χ2n) is 8.27. The second kappa shape index (κ2) is 10.6. The van der Waals surface area contributed by atoms with Gasteiger partial charge in [-0.3, -0.25) is 14.4 Å². The number of hydrogen-bond donors (Lipinski definition) is 1. The fraction of sp³-hybridized carbons (Fsp3) is 0.400. The van der Waals surface area contributed by atoms with Gasteiger partial charge in [0, 0.05) is 23.5 Å². The molecule has 1 N–H and O–H groups in total. The van der Waals surface area contributed by atoms with Gasteiger partial charge in [-0.15, -0.1) is 11.3 Å². The molecule has 0 saturated carbocycles. The number of carbonyl (C=O) groups excluding carboxylic acids is 2. The largest absolute Gasteiger partial charge is 0.453 e. The van der Waals surface area contributed by atoms with Crippen molar-refractivity contribution >= 4 is 39.1 Å². The van der Waals surface area contributed by atoms with E-state index in [2.05, 4.69) is 9.97 Å². The van der Waals surface area contributed by atoms with E-state index in [1.807, 2.05) is 12.1 Å². The molecule has 8 nitrogen and oxygen atoms in total. The molecular formula is C25H26N4O4S. The average Bonchev–Trinajstić information content (AvgIpc) is 3.22. The molecule has 2 heterocycles. The lowest BCUT2D eigenvalue weighted by Gasteiger charge is -2.25. The van der Waals surface area contributed by atoms with Crippen LogP contribution in [0.2, 0.25) is 0 Å². The quantitative estimate of drug-likeness (QED) is 0.494. The van der Waals surface area contributed by atoms with Crippen LogP contribution in [-0.4, -0.2) is 34.5 Å². The van der Waals surface area contributed by atoms with Crippen LogP contribution in [0.15, 0.2) is 35.1 Å². The number of aromatic amines is 1. The molecule has 9 heteroatoms. The van der Waals surface area contributed by atoms with Gasteiger partial charge in [0.1, 0.15) is 10.7 Å². The number of aromatic nitrogens is 2. The third-order valence-corrected chi connectivity index (χ3v) is 7.06. The van der Waals surface area contributed by atoms with Gasteiger partial charge in [-0.1, -0.05) is 18.2 Å². The van der Waals surface area contributed by atoms with Gasteiger partial charge < -0.3 is 14.6 Å². The first-order valence-electron chi connectivity index (χ1n) is 11.4. The molecule has 1 aliphatic carbocycles. The Bertz CT molecular complexity index is 1290. The number of aryl methyl sites for hydroxylation is 3. The summed E-state index contributed by atoms with van der Waals surface area (Å²) in [5, 5.41) is 9.62. The van der Waals surface area contributed by atoms with Crippen LogP contribution in [0.1, 0.15) is 48.9 Å².